The van der Waals surface area contributed by atoms with E-state index in [1.165, 1.54) is 24.8 Å². The van der Waals surface area contributed by atoms with Gasteiger partial charge in [0, 0.05) is 6.42 Å². The molecular formula is C10H14O. The highest BCUT2D eigenvalue weighted by molar-refractivity contribution is 5.06. The van der Waals surface area contributed by atoms with Gasteiger partial charge < -0.3 is 4.74 Å². The van der Waals surface area contributed by atoms with Crippen LogP contribution in [0.5, 0.6) is 0 Å². The van der Waals surface area contributed by atoms with Crippen molar-refractivity contribution in [1.29, 1.82) is 0 Å². The van der Waals surface area contributed by atoms with E-state index in [-0.39, 0.29) is 0 Å². The standard InChI is InChI=1S/C10H14O/c1-2-4-9(3-1)7-10-5-6-11-8-10/h1-2,8-9H,3-7H2. The van der Waals surface area contributed by atoms with Crippen LogP contribution in [-0.4, -0.2) is 6.61 Å². The van der Waals surface area contributed by atoms with Gasteiger partial charge in [-0.15, -0.1) is 0 Å². The maximum atomic E-state index is 5.18. The average Bonchev–Trinajstić information content (AvgIpc) is 2.60. The summed E-state index contributed by atoms with van der Waals surface area (Å²) in [5.74, 6) is 0.878. The number of hydrogen-bond acceptors (Lipinski definition) is 1. The van der Waals surface area contributed by atoms with Gasteiger partial charge in [-0.1, -0.05) is 12.2 Å². The van der Waals surface area contributed by atoms with Crippen molar-refractivity contribution in [2.45, 2.75) is 25.7 Å². The monoisotopic (exact) mass is 150 g/mol. The molecule has 0 N–H and O–H groups in total. The highest BCUT2D eigenvalue weighted by Gasteiger charge is 2.14. The Morgan fingerprint density at radius 2 is 2.18 bits per heavy atom. The van der Waals surface area contributed by atoms with Crippen LogP contribution in [0.1, 0.15) is 25.7 Å². The topological polar surface area (TPSA) is 9.23 Å². The molecule has 1 aliphatic carbocycles. The molecule has 2 rings (SSSR count). The van der Waals surface area contributed by atoms with E-state index in [0.717, 1.165) is 18.9 Å². The van der Waals surface area contributed by atoms with Crippen molar-refractivity contribution in [3.05, 3.63) is 24.0 Å². The summed E-state index contributed by atoms with van der Waals surface area (Å²) in [6.07, 6.45) is 11.5. The third kappa shape index (κ3) is 1.65. The third-order valence-electron chi connectivity index (χ3n) is 2.45. The first kappa shape index (κ1) is 6.96. The minimum atomic E-state index is 0.878. The van der Waals surface area contributed by atoms with Crippen LogP contribution < -0.4 is 0 Å². The molecule has 0 unspecified atom stereocenters. The highest BCUT2D eigenvalue weighted by Crippen LogP contribution is 2.27. The van der Waals surface area contributed by atoms with E-state index >= 15 is 0 Å². The predicted octanol–water partition coefficient (Wildman–Crippen LogP) is 2.65. The molecule has 0 amide bonds. The van der Waals surface area contributed by atoms with Crippen LogP contribution in [-0.2, 0) is 4.74 Å². The van der Waals surface area contributed by atoms with Gasteiger partial charge >= 0.3 is 0 Å². The zero-order valence-electron chi connectivity index (χ0n) is 6.75. The lowest BCUT2D eigenvalue weighted by Gasteiger charge is -2.07. The fourth-order valence-electron chi connectivity index (χ4n) is 1.79. The van der Waals surface area contributed by atoms with Crippen LogP contribution in [0.3, 0.4) is 0 Å². The smallest absolute Gasteiger partial charge is 0.0911 e. The van der Waals surface area contributed by atoms with Crippen molar-refractivity contribution in [3.8, 4) is 0 Å². The summed E-state index contributed by atoms with van der Waals surface area (Å²) >= 11 is 0. The lowest BCUT2D eigenvalue weighted by Crippen LogP contribution is -1.95. The van der Waals surface area contributed by atoms with Gasteiger partial charge in [-0.25, -0.2) is 0 Å². The summed E-state index contributed by atoms with van der Waals surface area (Å²) in [6.45, 7) is 0.912. The fourth-order valence-corrected chi connectivity index (χ4v) is 1.79. The predicted molar refractivity (Wildman–Crippen MR) is 45.1 cm³/mol. The van der Waals surface area contributed by atoms with E-state index in [9.17, 15) is 0 Å². The lowest BCUT2D eigenvalue weighted by molar-refractivity contribution is 0.281. The Morgan fingerprint density at radius 1 is 1.36 bits per heavy atom. The van der Waals surface area contributed by atoms with Crippen LogP contribution in [0.4, 0.5) is 0 Å². The average molecular weight is 150 g/mol. The first-order chi connectivity index (χ1) is 5.45. The summed E-state index contributed by atoms with van der Waals surface area (Å²) < 4.78 is 5.18. The first-order valence-corrected chi connectivity index (χ1v) is 4.39. The molecule has 1 heterocycles. The highest BCUT2D eigenvalue weighted by atomic mass is 16.5. The first-order valence-electron chi connectivity index (χ1n) is 4.39. The molecule has 1 nitrogen and oxygen atoms in total. The number of hydrogen-bond donors (Lipinski definition) is 0. The molecular weight excluding hydrogens is 136 g/mol. The number of allylic oxidation sites excluding steroid dienone is 2. The molecule has 1 aliphatic heterocycles. The Balaban J connectivity index is 1.80. The van der Waals surface area contributed by atoms with Crippen LogP contribution in [0.15, 0.2) is 24.0 Å². The van der Waals surface area contributed by atoms with Gasteiger partial charge in [0.25, 0.3) is 0 Å². The second-order valence-electron chi connectivity index (χ2n) is 3.41. The molecule has 0 spiro atoms. The molecule has 0 radical (unpaired) electrons. The summed E-state index contributed by atoms with van der Waals surface area (Å²) in [4.78, 5) is 0. The molecule has 0 fully saturated rings. The summed E-state index contributed by atoms with van der Waals surface area (Å²) in [6, 6.07) is 0. The summed E-state index contributed by atoms with van der Waals surface area (Å²) in [5.41, 5.74) is 1.51. The Hall–Kier alpha value is -0.720. The molecule has 0 aromatic rings. The molecule has 0 aromatic carbocycles. The molecule has 0 bridgehead atoms. The van der Waals surface area contributed by atoms with Crippen LogP contribution >= 0.6 is 0 Å². The number of ether oxygens (including phenoxy) is 1. The van der Waals surface area contributed by atoms with Crippen molar-refractivity contribution in [2.75, 3.05) is 6.61 Å². The molecule has 2 aliphatic rings. The minimum Gasteiger partial charge on any atom is -0.501 e. The van der Waals surface area contributed by atoms with E-state index in [0.29, 0.717) is 0 Å². The lowest BCUT2D eigenvalue weighted by atomic mass is 9.97. The van der Waals surface area contributed by atoms with Gasteiger partial charge in [-0.05, 0) is 30.8 Å². The Morgan fingerprint density at radius 3 is 2.82 bits per heavy atom. The van der Waals surface area contributed by atoms with E-state index < -0.39 is 0 Å². The van der Waals surface area contributed by atoms with Crippen molar-refractivity contribution in [2.24, 2.45) is 5.92 Å². The van der Waals surface area contributed by atoms with Crippen molar-refractivity contribution < 1.29 is 4.74 Å². The molecule has 0 atom stereocenters. The van der Waals surface area contributed by atoms with Crippen molar-refractivity contribution in [1.82, 2.24) is 0 Å². The Bertz CT molecular complexity index is 183. The third-order valence-corrected chi connectivity index (χ3v) is 2.45. The van der Waals surface area contributed by atoms with E-state index in [1.54, 1.807) is 0 Å². The molecule has 0 aromatic heterocycles. The number of rotatable bonds is 2. The Kier molecular flexibility index (Phi) is 1.97. The second kappa shape index (κ2) is 3.12. The van der Waals surface area contributed by atoms with E-state index in [2.05, 4.69) is 12.2 Å². The maximum Gasteiger partial charge on any atom is 0.0911 e. The van der Waals surface area contributed by atoms with Gasteiger partial charge in [0.1, 0.15) is 0 Å². The molecule has 0 saturated carbocycles. The van der Waals surface area contributed by atoms with Gasteiger partial charge in [-0.3, -0.25) is 0 Å². The second-order valence-corrected chi connectivity index (χ2v) is 3.41. The normalized spacial score (nSPS) is 23.8. The van der Waals surface area contributed by atoms with Gasteiger partial charge in [0.2, 0.25) is 0 Å². The minimum absolute atomic E-state index is 0.878. The van der Waals surface area contributed by atoms with Crippen molar-refractivity contribution in [3.63, 3.8) is 0 Å². The van der Waals surface area contributed by atoms with Crippen molar-refractivity contribution >= 4 is 0 Å². The van der Waals surface area contributed by atoms with Crippen LogP contribution in [0, 0.1) is 5.92 Å². The fraction of sp³-hybridized carbons (Fsp3) is 0.600. The van der Waals surface area contributed by atoms with Gasteiger partial charge in [0.15, 0.2) is 0 Å². The largest absolute Gasteiger partial charge is 0.501 e. The molecule has 0 saturated heterocycles. The van der Waals surface area contributed by atoms with Gasteiger partial charge in [0.05, 0.1) is 12.9 Å². The Labute approximate surface area is 67.7 Å². The summed E-state index contributed by atoms with van der Waals surface area (Å²) in [7, 11) is 0. The quantitative estimate of drug-likeness (QED) is 0.550. The molecule has 1 heteroatoms. The van der Waals surface area contributed by atoms with E-state index in [4.69, 9.17) is 4.74 Å². The summed E-state index contributed by atoms with van der Waals surface area (Å²) in [5, 5.41) is 0. The zero-order chi connectivity index (χ0) is 7.52. The van der Waals surface area contributed by atoms with E-state index in [1.807, 2.05) is 6.26 Å². The zero-order valence-corrected chi connectivity index (χ0v) is 6.75. The van der Waals surface area contributed by atoms with Crippen LogP contribution in [0.25, 0.3) is 0 Å². The van der Waals surface area contributed by atoms with Crippen LogP contribution in [0.2, 0.25) is 0 Å². The molecule has 11 heavy (non-hydrogen) atoms. The SMILES string of the molecule is C1=CCC(CC2=COCC2)C1. The molecule has 60 valence electrons. The maximum absolute atomic E-state index is 5.18. The van der Waals surface area contributed by atoms with Gasteiger partial charge in [-0.2, -0.15) is 0 Å².